The normalized spacial score (nSPS) is 11.4. The second-order valence-electron chi connectivity index (χ2n) is 3.70. The molecule has 0 saturated heterocycles. The average molecular weight is 257 g/mol. The van der Waals surface area contributed by atoms with Gasteiger partial charge in [-0.05, 0) is 37.7 Å². The van der Waals surface area contributed by atoms with Crippen LogP contribution in [0.25, 0.3) is 0 Å². The van der Waals surface area contributed by atoms with Crippen molar-refractivity contribution in [3.63, 3.8) is 0 Å². The highest BCUT2D eigenvalue weighted by molar-refractivity contribution is 7.91. The van der Waals surface area contributed by atoms with Gasteiger partial charge in [-0.3, -0.25) is 0 Å². The molecule has 0 aliphatic heterocycles. The Morgan fingerprint density at radius 3 is 2.76 bits per heavy atom. The van der Waals surface area contributed by atoms with Gasteiger partial charge in [0.05, 0.1) is 17.8 Å². The largest absolute Gasteiger partial charge is 0.497 e. The van der Waals surface area contributed by atoms with Crippen molar-refractivity contribution in [2.24, 2.45) is 0 Å². The van der Waals surface area contributed by atoms with Gasteiger partial charge in [-0.1, -0.05) is 13.0 Å². The topological polar surface area (TPSA) is 55.4 Å². The molecule has 96 valence electrons. The summed E-state index contributed by atoms with van der Waals surface area (Å²) in [6.07, 6.45) is 0.618. The summed E-state index contributed by atoms with van der Waals surface area (Å²) < 4.78 is 29.0. The van der Waals surface area contributed by atoms with Crippen LogP contribution in [0.4, 0.5) is 0 Å². The van der Waals surface area contributed by atoms with Gasteiger partial charge in [0, 0.05) is 0 Å². The van der Waals surface area contributed by atoms with E-state index in [4.69, 9.17) is 4.74 Å². The van der Waals surface area contributed by atoms with E-state index in [9.17, 15) is 8.42 Å². The Kier molecular flexibility index (Phi) is 5.44. The van der Waals surface area contributed by atoms with E-state index in [1.165, 1.54) is 7.11 Å². The standard InChI is InChI=1S/C12H19NO3S/c1-3-13-8-5-9-17(14,15)12-7-4-6-11(10-12)16-2/h4,6-7,10,13H,3,5,8-9H2,1-2H3. The number of benzene rings is 1. The fourth-order valence-electron chi connectivity index (χ4n) is 1.48. The lowest BCUT2D eigenvalue weighted by Crippen LogP contribution is -2.18. The van der Waals surface area contributed by atoms with E-state index < -0.39 is 9.84 Å². The maximum Gasteiger partial charge on any atom is 0.178 e. The van der Waals surface area contributed by atoms with Gasteiger partial charge in [-0.15, -0.1) is 0 Å². The molecule has 0 unspecified atom stereocenters. The van der Waals surface area contributed by atoms with Crippen LogP contribution in [0.1, 0.15) is 13.3 Å². The number of hydrogen-bond donors (Lipinski definition) is 1. The predicted octanol–water partition coefficient (Wildman–Crippen LogP) is 1.47. The molecule has 4 nitrogen and oxygen atoms in total. The highest BCUT2D eigenvalue weighted by Gasteiger charge is 2.14. The quantitative estimate of drug-likeness (QED) is 0.752. The monoisotopic (exact) mass is 257 g/mol. The number of nitrogens with one attached hydrogen (secondary N) is 1. The molecular weight excluding hydrogens is 238 g/mol. The van der Waals surface area contributed by atoms with E-state index in [-0.39, 0.29) is 5.75 Å². The van der Waals surface area contributed by atoms with Crippen molar-refractivity contribution in [2.45, 2.75) is 18.2 Å². The first-order valence-corrected chi connectivity index (χ1v) is 7.33. The third-order valence-corrected chi connectivity index (χ3v) is 4.22. The summed E-state index contributed by atoms with van der Waals surface area (Å²) in [6, 6.07) is 6.58. The van der Waals surface area contributed by atoms with Crippen molar-refractivity contribution in [1.29, 1.82) is 0 Å². The molecule has 0 heterocycles. The predicted molar refractivity (Wildman–Crippen MR) is 68.2 cm³/mol. The second-order valence-corrected chi connectivity index (χ2v) is 5.81. The van der Waals surface area contributed by atoms with Crippen LogP contribution < -0.4 is 10.1 Å². The smallest absolute Gasteiger partial charge is 0.178 e. The first-order valence-electron chi connectivity index (χ1n) is 5.67. The molecule has 17 heavy (non-hydrogen) atoms. The SMILES string of the molecule is CCNCCCS(=O)(=O)c1cccc(OC)c1. The highest BCUT2D eigenvalue weighted by atomic mass is 32.2. The Hall–Kier alpha value is -1.07. The Balaban J connectivity index is 2.68. The average Bonchev–Trinajstić information content (AvgIpc) is 2.35. The zero-order valence-electron chi connectivity index (χ0n) is 10.3. The molecule has 0 atom stereocenters. The van der Waals surface area contributed by atoms with Crippen LogP contribution >= 0.6 is 0 Å². The minimum Gasteiger partial charge on any atom is -0.497 e. The van der Waals surface area contributed by atoms with Crippen LogP contribution in [0.5, 0.6) is 5.75 Å². The molecular formula is C12H19NO3S. The van der Waals surface area contributed by atoms with Crippen LogP contribution in [0.2, 0.25) is 0 Å². The molecule has 0 spiro atoms. The molecule has 0 aliphatic rings. The van der Waals surface area contributed by atoms with Gasteiger partial charge in [0.15, 0.2) is 9.84 Å². The zero-order chi connectivity index (χ0) is 12.7. The third kappa shape index (κ3) is 4.36. The summed E-state index contributed by atoms with van der Waals surface area (Å²) in [4.78, 5) is 0.327. The van der Waals surface area contributed by atoms with Gasteiger partial charge in [0.1, 0.15) is 5.75 Å². The number of ether oxygens (including phenoxy) is 1. The minimum atomic E-state index is -3.19. The number of rotatable bonds is 7. The summed E-state index contributed by atoms with van der Waals surface area (Å²) in [7, 11) is -1.67. The molecule has 0 amide bonds. The van der Waals surface area contributed by atoms with Crippen LogP contribution in [-0.4, -0.2) is 34.4 Å². The molecule has 0 radical (unpaired) electrons. The van der Waals surface area contributed by atoms with E-state index in [1.54, 1.807) is 24.3 Å². The van der Waals surface area contributed by atoms with E-state index in [2.05, 4.69) is 5.32 Å². The molecule has 0 saturated carbocycles. The number of methoxy groups -OCH3 is 1. The van der Waals surface area contributed by atoms with Crippen LogP contribution in [0.3, 0.4) is 0 Å². The zero-order valence-corrected chi connectivity index (χ0v) is 11.1. The van der Waals surface area contributed by atoms with E-state index in [0.29, 0.717) is 17.1 Å². The van der Waals surface area contributed by atoms with Crippen molar-refractivity contribution >= 4 is 9.84 Å². The lowest BCUT2D eigenvalue weighted by atomic mass is 10.3. The molecule has 1 aromatic rings. The Morgan fingerprint density at radius 1 is 1.35 bits per heavy atom. The number of sulfone groups is 1. The van der Waals surface area contributed by atoms with Gasteiger partial charge >= 0.3 is 0 Å². The molecule has 0 aliphatic carbocycles. The fourth-order valence-corrected chi connectivity index (χ4v) is 2.82. The summed E-state index contributed by atoms with van der Waals surface area (Å²) in [5, 5.41) is 3.11. The maximum atomic E-state index is 12.0. The van der Waals surface area contributed by atoms with Crippen molar-refractivity contribution in [1.82, 2.24) is 5.32 Å². The fraction of sp³-hybridized carbons (Fsp3) is 0.500. The van der Waals surface area contributed by atoms with Gasteiger partial charge in [-0.2, -0.15) is 0 Å². The third-order valence-electron chi connectivity index (χ3n) is 2.42. The molecule has 0 aromatic heterocycles. The molecule has 1 rings (SSSR count). The van der Waals surface area contributed by atoms with Gasteiger partial charge in [0.2, 0.25) is 0 Å². The first-order chi connectivity index (χ1) is 8.10. The first kappa shape index (κ1) is 14.0. The summed E-state index contributed by atoms with van der Waals surface area (Å²) in [5.74, 6) is 0.727. The van der Waals surface area contributed by atoms with Crippen molar-refractivity contribution in [2.75, 3.05) is 26.0 Å². The Labute approximate surface area is 103 Å². The summed E-state index contributed by atoms with van der Waals surface area (Å²) in [5.41, 5.74) is 0. The van der Waals surface area contributed by atoms with Crippen molar-refractivity contribution in [3.8, 4) is 5.75 Å². The lowest BCUT2D eigenvalue weighted by molar-refractivity contribution is 0.413. The van der Waals surface area contributed by atoms with E-state index >= 15 is 0 Å². The summed E-state index contributed by atoms with van der Waals surface area (Å²) in [6.45, 7) is 3.58. The van der Waals surface area contributed by atoms with E-state index in [0.717, 1.165) is 13.1 Å². The van der Waals surface area contributed by atoms with Crippen LogP contribution in [0.15, 0.2) is 29.2 Å². The van der Waals surface area contributed by atoms with Gasteiger partial charge in [-0.25, -0.2) is 8.42 Å². The molecule has 1 N–H and O–H groups in total. The van der Waals surface area contributed by atoms with Crippen molar-refractivity contribution in [3.05, 3.63) is 24.3 Å². The number of hydrogen-bond acceptors (Lipinski definition) is 4. The van der Waals surface area contributed by atoms with Crippen LogP contribution in [-0.2, 0) is 9.84 Å². The molecule has 5 heteroatoms. The lowest BCUT2D eigenvalue weighted by Gasteiger charge is -2.06. The minimum absolute atomic E-state index is 0.160. The maximum absolute atomic E-state index is 12.0. The van der Waals surface area contributed by atoms with Gasteiger partial charge < -0.3 is 10.1 Å². The Morgan fingerprint density at radius 2 is 2.12 bits per heavy atom. The van der Waals surface area contributed by atoms with Crippen LogP contribution in [0, 0.1) is 0 Å². The summed E-state index contributed by atoms with van der Waals surface area (Å²) >= 11 is 0. The second kappa shape index (κ2) is 6.61. The highest BCUT2D eigenvalue weighted by Crippen LogP contribution is 2.18. The Bertz CT molecular complexity index is 443. The molecule has 0 fully saturated rings. The van der Waals surface area contributed by atoms with E-state index in [1.807, 2.05) is 6.92 Å². The van der Waals surface area contributed by atoms with Gasteiger partial charge in [0.25, 0.3) is 0 Å². The molecule has 1 aromatic carbocycles. The van der Waals surface area contributed by atoms with Crippen molar-refractivity contribution < 1.29 is 13.2 Å². The molecule has 0 bridgehead atoms.